The number of benzene rings is 5. The first kappa shape index (κ1) is 95.6. The van der Waals surface area contributed by atoms with E-state index in [1.807, 2.05) is 37.3 Å². The molecule has 522 valence electrons. The van der Waals surface area contributed by atoms with Crippen LogP contribution >= 0.6 is 80.9 Å². The normalized spacial score (nSPS) is 9.59. The van der Waals surface area contributed by atoms with Gasteiger partial charge < -0.3 is 68.3 Å². The molecule has 6 aromatic rings. The maximum absolute atomic E-state index is 11.1. The Balaban J connectivity index is -0.000000515. The number of thiol groups is 1. The molecule has 6 rings (SSSR count). The molecule has 0 radical (unpaired) electrons. The second-order valence-corrected chi connectivity index (χ2v) is 23.2. The smallest absolute Gasteiger partial charge is 1.00 e. The molecule has 0 aliphatic heterocycles. The Morgan fingerprint density at radius 1 is 0.632 bits per heavy atom. The molecule has 0 spiro atoms. The maximum atomic E-state index is 11.1. The van der Waals surface area contributed by atoms with E-state index in [0.29, 0.717) is 83.3 Å². The summed E-state index contributed by atoms with van der Waals surface area (Å²) in [5.41, 5.74) is 15.8. The van der Waals surface area contributed by atoms with Gasteiger partial charge in [-0.1, -0.05) is 48.1 Å². The second-order valence-electron chi connectivity index (χ2n) is 19.4. The molecule has 1 aromatic heterocycles. The number of methoxy groups -OCH3 is 10. The number of H-pyrrole nitrogens is 1. The topological polar surface area (TPSA) is 286 Å². The Labute approximate surface area is 635 Å². The van der Waals surface area contributed by atoms with E-state index in [1.54, 1.807) is 61.7 Å². The molecule has 1 heterocycles. The van der Waals surface area contributed by atoms with Crippen molar-refractivity contribution in [2.75, 3.05) is 89.2 Å². The van der Waals surface area contributed by atoms with Gasteiger partial charge in [0, 0.05) is 27.6 Å². The summed E-state index contributed by atoms with van der Waals surface area (Å²) in [6, 6.07) is 17.2. The zero-order valence-corrected chi connectivity index (χ0v) is 66.5. The van der Waals surface area contributed by atoms with Crippen LogP contribution in [-0.2, 0) is 4.74 Å². The van der Waals surface area contributed by atoms with Crippen LogP contribution < -0.4 is 120 Å². The van der Waals surface area contributed by atoms with E-state index >= 15 is 0 Å². The monoisotopic (exact) mass is 1560 g/mol. The van der Waals surface area contributed by atoms with E-state index in [9.17, 15) is 33.7 Å². The fraction of sp³-hybridized carbons (Fsp3) is 0.371. The number of nitro benzene ring substituents is 2. The summed E-state index contributed by atoms with van der Waals surface area (Å²) in [6.45, 7) is 24.9. The molecule has 0 saturated carbocycles. The van der Waals surface area contributed by atoms with E-state index in [2.05, 4.69) is 109 Å². The van der Waals surface area contributed by atoms with Crippen LogP contribution in [0.3, 0.4) is 0 Å². The predicted molar refractivity (Wildman–Crippen MR) is 384 cm³/mol. The third-order valence-electron chi connectivity index (χ3n) is 11.9. The minimum Gasteiger partial charge on any atom is -1.00 e. The van der Waals surface area contributed by atoms with Crippen LogP contribution in [0.25, 0.3) is 5.57 Å². The van der Waals surface area contributed by atoms with Crippen LogP contribution in [0.5, 0.6) is 57.5 Å². The van der Waals surface area contributed by atoms with Gasteiger partial charge in [0.1, 0.15) is 4.47 Å². The third kappa shape index (κ3) is 32.4. The average Bonchev–Trinajstić information content (AvgIpc) is 0.890. The van der Waals surface area contributed by atoms with Crippen LogP contribution in [0.2, 0.25) is 0 Å². The number of thioether (sulfide) groups is 1. The number of nitrogens with zero attached hydrogens (tertiary/aromatic N) is 3. The molecule has 22 nitrogen and oxygen atoms in total. The molecule has 95 heavy (non-hydrogen) atoms. The summed E-state index contributed by atoms with van der Waals surface area (Å²) in [4.78, 5) is 39.0. The largest absolute Gasteiger partial charge is 1.00 e. The van der Waals surface area contributed by atoms with Crippen LogP contribution in [-0.4, -0.2) is 109 Å². The zero-order chi connectivity index (χ0) is 70.9. The fourth-order valence-corrected chi connectivity index (χ4v) is 9.58. The first-order valence-corrected chi connectivity index (χ1v) is 30.6. The number of aromatic nitrogens is 2. The van der Waals surface area contributed by atoms with Gasteiger partial charge >= 0.3 is 58.7 Å². The van der Waals surface area contributed by atoms with E-state index < -0.39 is 17.1 Å². The van der Waals surface area contributed by atoms with Crippen molar-refractivity contribution in [3.8, 4) is 57.5 Å². The van der Waals surface area contributed by atoms with E-state index in [-0.39, 0.29) is 96.9 Å². The van der Waals surface area contributed by atoms with Crippen molar-refractivity contribution in [2.24, 2.45) is 0 Å². The summed E-state index contributed by atoms with van der Waals surface area (Å²) in [7, 11) is 13.2. The molecule has 0 bridgehead atoms. The molecule has 5 aromatic carbocycles. The molecule has 33 heteroatoms. The summed E-state index contributed by atoms with van der Waals surface area (Å²) in [6.07, 6.45) is 1.36. The van der Waals surface area contributed by atoms with Crippen molar-refractivity contribution in [1.82, 2.24) is 9.97 Å². The van der Waals surface area contributed by atoms with Crippen LogP contribution in [0, 0.1) is 20.2 Å². The van der Waals surface area contributed by atoms with Gasteiger partial charge in [0.2, 0.25) is 4.38 Å². The van der Waals surface area contributed by atoms with Crippen molar-refractivity contribution in [1.29, 1.82) is 0 Å². The Morgan fingerprint density at radius 2 is 0.979 bits per heavy atom. The molecule has 0 aliphatic rings. The second kappa shape index (κ2) is 49.7. The number of thiocarbonyl (C=S) groups is 1. The number of allylic oxidation sites excluding steroid dienone is 2. The summed E-state index contributed by atoms with van der Waals surface area (Å²) in [5, 5.41) is 21.4. The first-order chi connectivity index (χ1) is 43.2. The zero-order valence-electron chi connectivity index (χ0n) is 56.9. The molecule has 0 saturated heterocycles. The molecule has 0 amide bonds. The summed E-state index contributed by atoms with van der Waals surface area (Å²) >= 11 is 17.1. The van der Waals surface area contributed by atoms with Gasteiger partial charge in [0.15, 0.2) is 63.4 Å². The quantitative estimate of drug-likeness (QED) is 0.0111. The number of hydrogen-bond donors (Lipinski definition) is 4. The SMILES string of the molecule is C=C(C)B(F)F.C=C(C)c1cc(OC)c(OC)cc1[N+](=O)[O-].CCOC(=S)Sc1cc(OC)c(OC)cc1C(C)C.COc1cc(Br)c([N+](=O)[O-])cc1OC.COc1cc(N)c(C(C)C)cc1OC.COc1cc(S)c(C(C)C)cc1OC.Cl.Nc1ncc(Br)c(=O)[nH]1.[F-].[K+]. The number of rotatable bonds is 19. The van der Waals surface area contributed by atoms with Gasteiger partial charge in [0.05, 0.1) is 116 Å². The van der Waals surface area contributed by atoms with Crippen molar-refractivity contribution >= 4 is 121 Å². The molecule has 0 atom stereocenters. The van der Waals surface area contributed by atoms with Crippen molar-refractivity contribution < 1.29 is 127 Å². The summed E-state index contributed by atoms with van der Waals surface area (Å²) < 4.78 is 80.1. The number of ether oxygens (including phenoxy) is 11. The Bertz CT molecular complexity index is 3380. The number of anilines is 2. The number of nitro groups is 2. The number of nitrogens with two attached hydrogens (primary N) is 2. The number of nitrogen functional groups attached to an aromatic ring is 2. The van der Waals surface area contributed by atoms with Gasteiger partial charge in [-0.2, -0.15) is 0 Å². The van der Waals surface area contributed by atoms with E-state index in [4.69, 9.17) is 75.8 Å². The predicted octanol–water partition coefficient (Wildman–Crippen LogP) is 10.9. The van der Waals surface area contributed by atoms with Gasteiger partial charge in [-0.3, -0.25) is 38.6 Å². The molecule has 5 N–H and O–H groups in total. The first-order valence-electron chi connectivity index (χ1n) is 27.3. The fourth-order valence-electron chi connectivity index (χ4n) is 7.15. The Kier molecular flexibility index (Phi) is 50.0. The van der Waals surface area contributed by atoms with Crippen molar-refractivity contribution in [2.45, 2.75) is 89.9 Å². The maximum Gasteiger partial charge on any atom is 1.00 e. The minimum atomic E-state index is -2.34. The molecule has 0 fully saturated rings. The average molecular weight is 1570 g/mol. The third-order valence-corrected chi connectivity index (χ3v) is 14.7. The van der Waals surface area contributed by atoms with Gasteiger partial charge in [-0.15, -0.1) is 31.6 Å². The minimum absolute atomic E-state index is 0. The van der Waals surface area contributed by atoms with Crippen molar-refractivity contribution in [3.63, 3.8) is 0 Å². The Hall–Kier alpha value is -5.81. The molecular formula is C62H84BBr2ClF3KN6O16S3. The number of hydrogen-bond acceptors (Lipinski definition) is 22. The number of aromatic amines is 1. The molecule has 0 aliphatic carbocycles. The van der Waals surface area contributed by atoms with Gasteiger partial charge in [-0.05, 0) is 158 Å². The number of nitrogens with one attached hydrogen (secondary N) is 1. The molecular weight excluding hydrogens is 1480 g/mol. The molecule has 0 unspecified atom stereocenters. The van der Waals surface area contributed by atoms with Crippen molar-refractivity contribution in [3.05, 3.63) is 147 Å². The summed E-state index contributed by atoms with van der Waals surface area (Å²) in [5.74, 6) is 7.20. The Morgan fingerprint density at radius 3 is 1.34 bits per heavy atom. The standard InChI is InChI=1S/C14H20O3S2.C11H13NO4.C11H17NO2.C11H16O2S.C8H8BrNO4.C4H4BrN3O.C3H5BF2.ClH.FH.K/c1-6-17-14(18)19-13-8-12(16-5)11(15-4)7-10(13)9(2)3;1-7(2)8-5-10(15-3)11(16-4)6-9(8)12(13)14;1-7(2)8-5-10(13-3)11(14-4)6-9(8)12;1-7(2)8-5-9(12-3)10(13-4)6-11(8)14;1-13-7-3-5(9)6(10(11)12)4-8(7)14-2;5-2-1-7-4(6)8-3(2)9;1-3(2)4(5)6;;;/h7-9H,6H2,1-5H3;5-6H,1H2,2-4H3;5-7H,12H2,1-4H3;5-7,14H,1-4H3;3-4H,1-2H3;1H,(H3,6,7,8,9);1H2,2H3;2*1H;/q;;;;;;;;;+1/p-1. The van der Waals surface area contributed by atoms with Crippen LogP contribution in [0.4, 0.5) is 31.6 Å². The van der Waals surface area contributed by atoms with Gasteiger partial charge in [0.25, 0.3) is 16.9 Å². The van der Waals surface area contributed by atoms with Crippen LogP contribution in [0.1, 0.15) is 102 Å². The van der Waals surface area contributed by atoms with E-state index in [1.165, 1.54) is 82.6 Å². The van der Waals surface area contributed by atoms with Crippen LogP contribution in [0.15, 0.2) is 109 Å². The number of halogens is 6. The van der Waals surface area contributed by atoms with Gasteiger partial charge in [-0.25, -0.2) is 4.98 Å². The van der Waals surface area contributed by atoms with E-state index in [0.717, 1.165) is 44.0 Å².